The van der Waals surface area contributed by atoms with E-state index in [1.165, 1.54) is 0 Å². The van der Waals surface area contributed by atoms with Gasteiger partial charge in [-0.2, -0.15) is 13.2 Å². The molecule has 1 nitrogen and oxygen atoms in total. The standard InChI is InChI=1S/C2BF3O.Na/c3-1(7)2(4,5)6;/q-1;+1. The van der Waals surface area contributed by atoms with Crippen molar-refractivity contribution in [2.75, 3.05) is 0 Å². The smallest absolute Gasteiger partial charge is 0.515 e. The van der Waals surface area contributed by atoms with E-state index in [-0.39, 0.29) is 29.6 Å². The van der Waals surface area contributed by atoms with Crippen LogP contribution < -0.4 is 29.6 Å². The summed E-state index contributed by atoms with van der Waals surface area (Å²) in [6, 6.07) is 0. The van der Waals surface area contributed by atoms with Crippen molar-refractivity contribution < 1.29 is 47.5 Å². The number of alkyl halides is 3. The van der Waals surface area contributed by atoms with E-state index in [2.05, 4.69) is 7.85 Å². The van der Waals surface area contributed by atoms with E-state index in [0.29, 0.717) is 0 Å². The summed E-state index contributed by atoms with van der Waals surface area (Å²) in [4.78, 5) is 9.12. The Morgan fingerprint density at radius 3 is 1.50 bits per heavy atom. The molecule has 39 valence electrons. The Balaban J connectivity index is 0. The third kappa shape index (κ3) is 4.68. The topological polar surface area (TPSA) is 17.1 Å². The van der Waals surface area contributed by atoms with Crippen molar-refractivity contribution in [3.05, 3.63) is 0 Å². The van der Waals surface area contributed by atoms with Crippen LogP contribution in [0.5, 0.6) is 0 Å². The second-order valence-electron chi connectivity index (χ2n) is 0.862. The summed E-state index contributed by atoms with van der Waals surface area (Å²) in [5.41, 5.74) is -2.26. The van der Waals surface area contributed by atoms with Gasteiger partial charge in [-0.05, 0) is 5.68 Å². The van der Waals surface area contributed by atoms with Gasteiger partial charge in [0, 0.05) is 0 Å². The molecule has 8 heavy (non-hydrogen) atoms. The molecule has 0 aliphatic heterocycles. The van der Waals surface area contributed by atoms with Crippen LogP contribution >= 0.6 is 0 Å². The van der Waals surface area contributed by atoms with Gasteiger partial charge in [-0.25, -0.2) is 0 Å². The first kappa shape index (κ1) is 11.3. The van der Waals surface area contributed by atoms with Gasteiger partial charge in [-0.1, -0.05) is 0 Å². The van der Waals surface area contributed by atoms with Crippen molar-refractivity contribution in [2.24, 2.45) is 0 Å². The van der Waals surface area contributed by atoms with Crippen LogP contribution in [-0.2, 0) is 4.79 Å². The van der Waals surface area contributed by atoms with Gasteiger partial charge in [0.1, 0.15) is 0 Å². The molecular formula is C2BF3NaO. The van der Waals surface area contributed by atoms with Crippen molar-refractivity contribution in [1.82, 2.24) is 0 Å². The van der Waals surface area contributed by atoms with E-state index >= 15 is 0 Å². The van der Waals surface area contributed by atoms with Crippen molar-refractivity contribution in [3.63, 3.8) is 0 Å². The number of hydrogen-bond donors (Lipinski definition) is 0. The molecule has 0 aromatic carbocycles. The molecule has 0 spiro atoms. The van der Waals surface area contributed by atoms with Gasteiger partial charge >= 0.3 is 35.7 Å². The molecular weight excluding hydrogens is 131 g/mol. The van der Waals surface area contributed by atoms with Gasteiger partial charge in [0.2, 0.25) is 0 Å². The molecule has 6 heteroatoms. The van der Waals surface area contributed by atoms with Crippen LogP contribution in [0.25, 0.3) is 0 Å². The van der Waals surface area contributed by atoms with Crippen LogP contribution in [0.4, 0.5) is 13.2 Å². The van der Waals surface area contributed by atoms with Crippen LogP contribution in [0.3, 0.4) is 0 Å². The summed E-state index contributed by atoms with van der Waals surface area (Å²) in [6.07, 6.45) is -4.86. The molecule has 0 fully saturated rings. The van der Waals surface area contributed by atoms with E-state index in [4.69, 9.17) is 4.79 Å². The fraction of sp³-hybridized carbons (Fsp3) is 0.500. The number of carbonyl (C=O) groups excluding carboxylic acids is 1. The van der Waals surface area contributed by atoms with Gasteiger partial charge in [-0.3, -0.25) is 0 Å². The zero-order valence-corrected chi connectivity index (χ0v) is 6.12. The molecule has 0 unspecified atom stereocenters. The monoisotopic (exact) mass is 131 g/mol. The number of carbonyl (C=O) groups is 1. The maximum atomic E-state index is 10.7. The van der Waals surface area contributed by atoms with E-state index in [1.54, 1.807) is 0 Å². The van der Waals surface area contributed by atoms with Crippen molar-refractivity contribution in [3.8, 4) is 0 Å². The van der Waals surface area contributed by atoms with Gasteiger partial charge in [0.05, 0.1) is 0 Å². The molecule has 0 aliphatic rings. The molecule has 0 bridgehead atoms. The molecule has 0 N–H and O–H groups in total. The van der Waals surface area contributed by atoms with Crippen LogP contribution in [0.15, 0.2) is 0 Å². The molecule has 0 aromatic rings. The maximum absolute atomic E-state index is 10.7. The summed E-state index contributed by atoms with van der Waals surface area (Å²) >= 11 is 0. The summed E-state index contributed by atoms with van der Waals surface area (Å²) in [5.74, 6) is 0. The largest absolute Gasteiger partial charge is 1.00 e. The molecule has 0 saturated heterocycles. The quantitative estimate of drug-likeness (QED) is 0.325. The zero-order valence-electron chi connectivity index (χ0n) is 4.12. The Hall–Kier alpha value is 0.525. The van der Waals surface area contributed by atoms with Crippen molar-refractivity contribution in [1.29, 1.82) is 0 Å². The molecule has 0 aliphatic carbocycles. The van der Waals surface area contributed by atoms with E-state index in [1.807, 2.05) is 0 Å². The summed E-state index contributed by atoms with van der Waals surface area (Å²) in [6.45, 7) is 0. The second kappa shape index (κ2) is 3.53. The summed E-state index contributed by atoms with van der Waals surface area (Å²) < 4.78 is 32.1. The van der Waals surface area contributed by atoms with E-state index in [9.17, 15) is 13.2 Å². The van der Waals surface area contributed by atoms with Crippen LogP contribution in [0.1, 0.15) is 0 Å². The van der Waals surface area contributed by atoms with Gasteiger partial charge in [0.25, 0.3) is 0 Å². The van der Waals surface area contributed by atoms with Crippen LogP contribution in [-0.4, -0.2) is 19.7 Å². The summed E-state index contributed by atoms with van der Waals surface area (Å²) in [5, 5.41) is 0. The molecule has 0 saturated carbocycles. The first-order valence-corrected chi connectivity index (χ1v) is 1.31. The van der Waals surface area contributed by atoms with Gasteiger partial charge < -0.3 is 12.6 Å². The number of hydrogen-bond acceptors (Lipinski definition) is 1. The van der Waals surface area contributed by atoms with Crippen molar-refractivity contribution >= 4 is 13.5 Å². The fourth-order valence-corrected chi connectivity index (χ4v) is 0. The SMILES string of the molecule is [B-]C(=O)C(F)(F)F.[Na+]. The average Bonchev–Trinajstić information content (AvgIpc) is 1.31. The minimum absolute atomic E-state index is 0. The predicted molar refractivity (Wildman–Crippen MR) is 16.8 cm³/mol. The molecule has 0 aromatic heterocycles. The van der Waals surface area contributed by atoms with E-state index in [0.717, 1.165) is 0 Å². The molecule has 0 heterocycles. The van der Waals surface area contributed by atoms with Crippen molar-refractivity contribution in [2.45, 2.75) is 6.18 Å². The molecule has 0 amide bonds. The van der Waals surface area contributed by atoms with Gasteiger partial charge in [-0.15, -0.1) is 0 Å². The number of rotatable bonds is 0. The minimum Gasteiger partial charge on any atom is -0.515 e. The van der Waals surface area contributed by atoms with Crippen LogP contribution in [0.2, 0.25) is 0 Å². The predicted octanol–water partition coefficient (Wildman–Crippen LogP) is -2.75. The zero-order chi connectivity index (χ0) is 6.08. The maximum Gasteiger partial charge on any atom is 1.00 e. The van der Waals surface area contributed by atoms with E-state index < -0.39 is 11.9 Å². The summed E-state index contributed by atoms with van der Waals surface area (Å²) in [7, 11) is 3.81. The Morgan fingerprint density at radius 1 is 1.38 bits per heavy atom. The number of halogens is 3. The Kier molecular flexibility index (Phi) is 5.00. The van der Waals surface area contributed by atoms with Crippen LogP contribution in [0, 0.1) is 0 Å². The third-order valence-corrected chi connectivity index (χ3v) is 0.279. The normalized spacial score (nSPS) is 10.0. The fourth-order valence-electron chi connectivity index (χ4n) is 0. The van der Waals surface area contributed by atoms with Gasteiger partial charge in [0.15, 0.2) is 0 Å². The Bertz CT molecular complexity index is 89.8. The first-order chi connectivity index (χ1) is 2.94. The minimum atomic E-state index is -4.86. The second-order valence-corrected chi connectivity index (χ2v) is 0.862. The Labute approximate surface area is 67.3 Å². The third-order valence-electron chi connectivity index (χ3n) is 0.279. The Morgan fingerprint density at radius 2 is 1.50 bits per heavy atom. The molecule has 3 radical (unpaired) electrons. The first-order valence-electron chi connectivity index (χ1n) is 1.31. The average molecular weight is 131 g/mol. The molecule has 0 rings (SSSR count). The molecule has 0 atom stereocenters.